The molecule has 0 radical (unpaired) electrons. The summed E-state index contributed by atoms with van der Waals surface area (Å²) in [4.78, 5) is 8.04. The molecule has 0 spiro atoms. The first-order valence-electron chi connectivity index (χ1n) is 4.61. The molecule has 15 heavy (non-hydrogen) atoms. The van der Waals surface area contributed by atoms with Gasteiger partial charge in [-0.25, -0.2) is 4.98 Å². The van der Waals surface area contributed by atoms with Gasteiger partial charge in [-0.1, -0.05) is 12.1 Å². The first-order valence-corrected chi connectivity index (χ1v) is 4.61. The van der Waals surface area contributed by atoms with Gasteiger partial charge >= 0.3 is 0 Å². The molecular weight excluding hydrogens is 190 g/mol. The molecule has 1 heterocycles. The van der Waals surface area contributed by atoms with Crippen LogP contribution in [0.1, 0.15) is 5.56 Å². The van der Waals surface area contributed by atoms with Crippen molar-refractivity contribution in [3.63, 3.8) is 0 Å². The molecule has 76 valence electrons. The van der Waals surface area contributed by atoms with Crippen molar-refractivity contribution < 1.29 is 5.11 Å². The van der Waals surface area contributed by atoms with Crippen LogP contribution in [-0.2, 0) is 6.61 Å². The Morgan fingerprint density at radius 1 is 1.27 bits per heavy atom. The van der Waals surface area contributed by atoms with E-state index in [0.29, 0.717) is 5.82 Å². The molecule has 0 fully saturated rings. The smallest absolute Gasteiger partial charge is 0.148 e. The molecule has 0 aliphatic carbocycles. The van der Waals surface area contributed by atoms with E-state index in [1.54, 1.807) is 18.6 Å². The van der Waals surface area contributed by atoms with E-state index in [1.807, 2.05) is 24.3 Å². The van der Waals surface area contributed by atoms with Crippen LogP contribution in [0.5, 0.6) is 0 Å². The van der Waals surface area contributed by atoms with Crippen molar-refractivity contribution in [1.82, 2.24) is 9.97 Å². The monoisotopic (exact) mass is 201 g/mol. The molecule has 4 heteroatoms. The summed E-state index contributed by atoms with van der Waals surface area (Å²) in [5.74, 6) is 0.688. The number of nitrogens with zero attached hydrogens (tertiary/aromatic N) is 2. The van der Waals surface area contributed by atoms with Crippen LogP contribution >= 0.6 is 0 Å². The fraction of sp³-hybridized carbons (Fsp3) is 0.0909. The summed E-state index contributed by atoms with van der Waals surface area (Å²) >= 11 is 0. The highest BCUT2D eigenvalue weighted by Crippen LogP contribution is 2.14. The standard InChI is InChI=1S/C11H11N3O/c15-8-9-2-1-3-10(6-9)14-11-7-12-4-5-13-11/h1-7,15H,8H2,(H,13,14). The number of rotatable bonds is 3. The fourth-order valence-electron chi connectivity index (χ4n) is 1.26. The lowest BCUT2D eigenvalue weighted by Gasteiger charge is -2.05. The maximum Gasteiger partial charge on any atom is 0.148 e. The Balaban J connectivity index is 2.17. The zero-order chi connectivity index (χ0) is 10.5. The van der Waals surface area contributed by atoms with E-state index >= 15 is 0 Å². The molecule has 2 rings (SSSR count). The molecule has 1 aromatic heterocycles. The van der Waals surface area contributed by atoms with Crippen LogP contribution in [0.3, 0.4) is 0 Å². The van der Waals surface area contributed by atoms with Gasteiger partial charge < -0.3 is 10.4 Å². The van der Waals surface area contributed by atoms with Gasteiger partial charge in [0.05, 0.1) is 12.8 Å². The zero-order valence-electron chi connectivity index (χ0n) is 8.09. The number of anilines is 2. The summed E-state index contributed by atoms with van der Waals surface area (Å²) in [6.45, 7) is 0.0377. The molecule has 0 aliphatic rings. The molecule has 0 bridgehead atoms. The fourth-order valence-corrected chi connectivity index (χ4v) is 1.26. The molecule has 2 aromatic rings. The Morgan fingerprint density at radius 3 is 2.93 bits per heavy atom. The molecule has 0 amide bonds. The van der Waals surface area contributed by atoms with Crippen molar-refractivity contribution in [2.24, 2.45) is 0 Å². The summed E-state index contributed by atoms with van der Waals surface area (Å²) < 4.78 is 0. The minimum absolute atomic E-state index is 0.0377. The second-order valence-corrected chi connectivity index (χ2v) is 3.07. The van der Waals surface area contributed by atoms with Gasteiger partial charge in [-0.2, -0.15) is 0 Å². The summed E-state index contributed by atoms with van der Waals surface area (Å²) in [5.41, 5.74) is 1.76. The first kappa shape index (κ1) is 9.61. The maximum absolute atomic E-state index is 8.97. The van der Waals surface area contributed by atoms with E-state index in [1.165, 1.54) is 0 Å². The summed E-state index contributed by atoms with van der Waals surface area (Å²) in [6.07, 6.45) is 4.89. The van der Waals surface area contributed by atoms with E-state index in [9.17, 15) is 0 Å². The van der Waals surface area contributed by atoms with Crippen molar-refractivity contribution >= 4 is 11.5 Å². The summed E-state index contributed by atoms with van der Waals surface area (Å²) in [6, 6.07) is 7.52. The van der Waals surface area contributed by atoms with Crippen LogP contribution in [0.4, 0.5) is 11.5 Å². The minimum Gasteiger partial charge on any atom is -0.392 e. The third kappa shape index (κ3) is 2.51. The molecule has 0 aliphatic heterocycles. The van der Waals surface area contributed by atoms with Crippen molar-refractivity contribution in [2.45, 2.75) is 6.61 Å². The van der Waals surface area contributed by atoms with Gasteiger partial charge in [-0.15, -0.1) is 0 Å². The molecular formula is C11H11N3O. The van der Waals surface area contributed by atoms with E-state index in [2.05, 4.69) is 15.3 Å². The van der Waals surface area contributed by atoms with Crippen LogP contribution in [0.15, 0.2) is 42.9 Å². The molecule has 1 aromatic carbocycles. The van der Waals surface area contributed by atoms with Gasteiger partial charge in [-0.05, 0) is 17.7 Å². The zero-order valence-corrected chi connectivity index (χ0v) is 8.09. The van der Waals surface area contributed by atoms with Crippen LogP contribution in [-0.4, -0.2) is 15.1 Å². The Bertz CT molecular complexity index is 431. The van der Waals surface area contributed by atoms with Crippen molar-refractivity contribution in [2.75, 3.05) is 5.32 Å². The van der Waals surface area contributed by atoms with Gasteiger partial charge in [0, 0.05) is 18.1 Å². The number of hydrogen-bond acceptors (Lipinski definition) is 4. The lowest BCUT2D eigenvalue weighted by atomic mass is 10.2. The highest BCUT2D eigenvalue weighted by Gasteiger charge is 1.96. The Kier molecular flexibility index (Phi) is 2.90. The number of nitrogens with one attached hydrogen (secondary N) is 1. The van der Waals surface area contributed by atoms with Gasteiger partial charge in [0.2, 0.25) is 0 Å². The van der Waals surface area contributed by atoms with Crippen LogP contribution < -0.4 is 5.32 Å². The SMILES string of the molecule is OCc1cccc(Nc2cnccn2)c1. The number of aliphatic hydroxyl groups excluding tert-OH is 1. The lowest BCUT2D eigenvalue weighted by Crippen LogP contribution is -1.94. The Morgan fingerprint density at radius 2 is 2.20 bits per heavy atom. The molecule has 2 N–H and O–H groups in total. The predicted octanol–water partition coefficient (Wildman–Crippen LogP) is 1.71. The third-order valence-electron chi connectivity index (χ3n) is 1.95. The van der Waals surface area contributed by atoms with Gasteiger partial charge in [0.25, 0.3) is 0 Å². The van der Waals surface area contributed by atoms with Gasteiger partial charge in [0.1, 0.15) is 5.82 Å². The Labute approximate surface area is 87.6 Å². The van der Waals surface area contributed by atoms with E-state index < -0.39 is 0 Å². The lowest BCUT2D eigenvalue weighted by molar-refractivity contribution is 0.282. The molecule has 0 unspecified atom stereocenters. The molecule has 0 saturated heterocycles. The molecule has 0 saturated carbocycles. The summed E-state index contributed by atoms with van der Waals surface area (Å²) in [7, 11) is 0. The van der Waals surface area contributed by atoms with Crippen LogP contribution in [0.25, 0.3) is 0 Å². The molecule has 4 nitrogen and oxygen atoms in total. The third-order valence-corrected chi connectivity index (χ3v) is 1.95. The second-order valence-electron chi connectivity index (χ2n) is 3.07. The van der Waals surface area contributed by atoms with Crippen LogP contribution in [0.2, 0.25) is 0 Å². The van der Waals surface area contributed by atoms with Crippen LogP contribution in [0, 0.1) is 0 Å². The van der Waals surface area contributed by atoms with Gasteiger partial charge in [-0.3, -0.25) is 4.98 Å². The minimum atomic E-state index is 0.0377. The van der Waals surface area contributed by atoms with Gasteiger partial charge in [0.15, 0.2) is 0 Å². The largest absolute Gasteiger partial charge is 0.392 e. The predicted molar refractivity (Wildman–Crippen MR) is 57.7 cm³/mol. The Hall–Kier alpha value is -1.94. The highest BCUT2D eigenvalue weighted by atomic mass is 16.3. The number of aromatic nitrogens is 2. The maximum atomic E-state index is 8.97. The highest BCUT2D eigenvalue weighted by molar-refractivity contribution is 5.55. The number of hydrogen-bond donors (Lipinski definition) is 2. The van der Waals surface area contributed by atoms with E-state index in [-0.39, 0.29) is 6.61 Å². The quantitative estimate of drug-likeness (QED) is 0.793. The topological polar surface area (TPSA) is 58.0 Å². The first-order chi connectivity index (χ1) is 7.38. The summed E-state index contributed by atoms with van der Waals surface area (Å²) in [5, 5.41) is 12.1. The number of aliphatic hydroxyl groups is 1. The van der Waals surface area contributed by atoms with Crippen molar-refractivity contribution in [3.8, 4) is 0 Å². The second kappa shape index (κ2) is 4.52. The van der Waals surface area contributed by atoms with E-state index in [4.69, 9.17) is 5.11 Å². The number of benzene rings is 1. The average molecular weight is 201 g/mol. The normalized spacial score (nSPS) is 9.93. The van der Waals surface area contributed by atoms with E-state index in [0.717, 1.165) is 11.3 Å². The molecule has 0 atom stereocenters. The average Bonchev–Trinajstić information content (AvgIpc) is 2.31. The van der Waals surface area contributed by atoms with Crippen molar-refractivity contribution in [3.05, 3.63) is 48.4 Å². The van der Waals surface area contributed by atoms with Crippen molar-refractivity contribution in [1.29, 1.82) is 0 Å².